The first-order valence-corrected chi connectivity index (χ1v) is 24.7. The fraction of sp³-hybridized carbons (Fsp3) is 0.407. The predicted octanol–water partition coefficient (Wildman–Crippen LogP) is 13.5. The van der Waals surface area contributed by atoms with Crippen molar-refractivity contribution in [2.24, 2.45) is 25.9 Å². The molecule has 2 aromatic heterocycles. The quantitative estimate of drug-likeness (QED) is 0.111. The Kier molecular flexibility index (Phi) is 16.6. The highest BCUT2D eigenvalue weighted by Gasteiger charge is 2.31. The highest BCUT2D eigenvalue weighted by atomic mass is 35.5. The normalized spacial score (nSPS) is 18.0. The molecule has 0 spiro atoms. The summed E-state index contributed by atoms with van der Waals surface area (Å²) in [4.78, 5) is 24.0. The minimum atomic E-state index is -0.111. The van der Waals surface area contributed by atoms with Crippen molar-refractivity contribution in [3.8, 4) is 23.6 Å². The summed E-state index contributed by atoms with van der Waals surface area (Å²) >= 11 is 26.7. The molecule has 2 heterocycles. The minimum Gasteiger partial charge on any atom is -0.489 e. The van der Waals surface area contributed by atoms with E-state index in [-0.39, 0.29) is 36.0 Å². The summed E-state index contributed by atoms with van der Waals surface area (Å²) in [6, 6.07) is 23.6. The van der Waals surface area contributed by atoms with E-state index in [1.807, 2.05) is 90.3 Å². The Morgan fingerprint density at radius 3 is 1.29 bits per heavy atom. The molecule has 10 nitrogen and oxygen atoms in total. The van der Waals surface area contributed by atoms with Crippen molar-refractivity contribution < 1.29 is 28.5 Å². The number of hydrogen-bond acceptors (Lipinski definition) is 8. The van der Waals surface area contributed by atoms with E-state index in [4.69, 9.17) is 65.4 Å². The summed E-state index contributed by atoms with van der Waals surface area (Å²) in [5.74, 6) is 0.907. The average molecular weight is 999 g/mol. The van der Waals surface area contributed by atoms with Gasteiger partial charge in [0.1, 0.15) is 11.5 Å². The zero-order valence-electron chi connectivity index (χ0n) is 39.3. The third-order valence-electron chi connectivity index (χ3n) is 13.4. The SMILES string of the molecule is CCOC(=O)C1CCC(Oc2ccc(Cl)c(Cc3cc4c(C)cc(C#N)cc4n3C)c2Cl)CC1.CCOC(=O)C1CCC(Oc2ccc(Cl)c(Cc3cc4c(C)cc(C#N)cc4n3C)c2Cl)CC1. The molecular weight excluding hydrogens is 942 g/mol. The van der Waals surface area contributed by atoms with Crippen LogP contribution in [0.3, 0.4) is 0 Å². The summed E-state index contributed by atoms with van der Waals surface area (Å²) in [7, 11) is 3.98. The number of esters is 2. The maximum Gasteiger partial charge on any atom is 0.308 e. The largest absolute Gasteiger partial charge is 0.489 e. The van der Waals surface area contributed by atoms with Crippen molar-refractivity contribution in [1.82, 2.24) is 9.13 Å². The van der Waals surface area contributed by atoms with Crippen LogP contribution in [0.15, 0.2) is 60.7 Å². The van der Waals surface area contributed by atoms with Crippen molar-refractivity contribution in [2.45, 2.75) is 104 Å². The standard InChI is InChI=1S/2C27H28Cl2N2O3/c2*1-4-33-27(32)18-5-7-20(8-6-18)34-25-10-9-23(28)22(26(25)29)14-19-13-21-16(2)11-17(15-30)12-24(21)31(19)3/h2*9-13,18,20H,4-8,14H2,1-3H3. The molecule has 2 saturated carbocycles. The summed E-state index contributed by atoms with van der Waals surface area (Å²) in [6.07, 6.45) is 7.20. The van der Waals surface area contributed by atoms with Crippen molar-refractivity contribution in [1.29, 1.82) is 10.5 Å². The van der Waals surface area contributed by atoms with E-state index in [9.17, 15) is 20.1 Å². The zero-order chi connectivity index (χ0) is 48.8. The molecule has 2 fully saturated rings. The molecule has 8 rings (SSSR count). The summed E-state index contributed by atoms with van der Waals surface area (Å²) in [5.41, 5.74) is 9.12. The Bertz CT molecular complexity index is 2730. The maximum atomic E-state index is 12.0. The third kappa shape index (κ3) is 11.2. The first-order valence-electron chi connectivity index (χ1n) is 23.2. The van der Waals surface area contributed by atoms with E-state index in [2.05, 4.69) is 33.4 Å². The number of halogens is 4. The predicted molar refractivity (Wildman–Crippen MR) is 269 cm³/mol. The molecule has 0 bridgehead atoms. The molecule has 2 aliphatic carbocycles. The van der Waals surface area contributed by atoms with Crippen LogP contribution in [-0.4, -0.2) is 46.5 Å². The molecule has 0 N–H and O–H groups in total. The number of fused-ring (bicyclic) bond motifs is 2. The van der Waals surface area contributed by atoms with Crippen LogP contribution in [0.5, 0.6) is 11.5 Å². The van der Waals surface area contributed by atoms with Crippen molar-refractivity contribution in [3.05, 3.63) is 126 Å². The van der Waals surface area contributed by atoms with Gasteiger partial charge in [0, 0.05) is 70.2 Å². The Labute approximate surface area is 418 Å². The third-order valence-corrected chi connectivity index (χ3v) is 14.9. The Morgan fingerprint density at radius 1 is 0.588 bits per heavy atom. The number of benzene rings is 4. The number of hydrogen-bond donors (Lipinski definition) is 0. The Morgan fingerprint density at radius 2 is 0.956 bits per heavy atom. The number of carbonyl (C=O) groups excluding carboxylic acids is 2. The van der Waals surface area contributed by atoms with E-state index < -0.39 is 0 Å². The lowest BCUT2D eigenvalue weighted by atomic mass is 9.87. The fourth-order valence-electron chi connectivity index (χ4n) is 9.53. The van der Waals surface area contributed by atoms with Crippen LogP contribution in [0.1, 0.15) is 110 Å². The molecule has 14 heteroatoms. The van der Waals surface area contributed by atoms with Crippen molar-refractivity contribution in [2.75, 3.05) is 13.2 Å². The van der Waals surface area contributed by atoms with Gasteiger partial charge in [-0.3, -0.25) is 9.59 Å². The molecule has 4 aromatic carbocycles. The van der Waals surface area contributed by atoms with E-state index in [1.165, 1.54) is 0 Å². The topological polar surface area (TPSA) is 129 Å². The molecule has 0 saturated heterocycles. The molecular formula is C54H56Cl4N4O6. The first-order chi connectivity index (χ1) is 32.6. The molecule has 0 unspecified atom stereocenters. The maximum absolute atomic E-state index is 12.0. The summed E-state index contributed by atoms with van der Waals surface area (Å²) < 4.78 is 27.0. The van der Waals surface area contributed by atoms with Gasteiger partial charge in [-0.25, -0.2) is 0 Å². The average Bonchev–Trinajstić information content (AvgIpc) is 3.83. The number of nitrogens with zero attached hydrogens (tertiary/aromatic N) is 4. The number of nitriles is 2. The second-order valence-electron chi connectivity index (χ2n) is 17.8. The number of ether oxygens (including phenoxy) is 4. The molecule has 68 heavy (non-hydrogen) atoms. The van der Waals surface area contributed by atoms with E-state index in [1.54, 1.807) is 0 Å². The van der Waals surface area contributed by atoms with Gasteiger partial charge in [0.05, 0.1) is 70.6 Å². The van der Waals surface area contributed by atoms with Crippen LogP contribution in [0.2, 0.25) is 20.1 Å². The summed E-state index contributed by atoms with van der Waals surface area (Å²) in [5, 5.41) is 23.1. The molecule has 2 aliphatic rings. The lowest BCUT2D eigenvalue weighted by Gasteiger charge is -2.28. The minimum absolute atomic E-state index is 0.00174. The van der Waals surface area contributed by atoms with Crippen molar-refractivity contribution in [3.63, 3.8) is 0 Å². The van der Waals surface area contributed by atoms with Gasteiger partial charge in [-0.15, -0.1) is 0 Å². The lowest BCUT2D eigenvalue weighted by Crippen LogP contribution is -2.29. The number of aryl methyl sites for hydroxylation is 4. The molecule has 0 atom stereocenters. The van der Waals surface area contributed by atoms with Gasteiger partial charge in [-0.2, -0.15) is 10.5 Å². The molecule has 0 aliphatic heterocycles. The van der Waals surface area contributed by atoms with Gasteiger partial charge in [0.15, 0.2) is 0 Å². The molecule has 356 valence electrons. The van der Waals surface area contributed by atoms with Gasteiger partial charge in [0.2, 0.25) is 0 Å². The number of rotatable bonds is 12. The van der Waals surface area contributed by atoms with Crippen LogP contribution >= 0.6 is 46.4 Å². The van der Waals surface area contributed by atoms with Crippen molar-refractivity contribution >= 4 is 80.1 Å². The smallest absolute Gasteiger partial charge is 0.308 e. The van der Waals surface area contributed by atoms with E-state index >= 15 is 0 Å². The van der Waals surface area contributed by atoms with Crippen LogP contribution < -0.4 is 9.47 Å². The summed E-state index contributed by atoms with van der Waals surface area (Å²) in [6.45, 7) is 8.50. The van der Waals surface area contributed by atoms with E-state index in [0.717, 1.165) is 107 Å². The second-order valence-corrected chi connectivity index (χ2v) is 19.4. The Balaban J connectivity index is 0.000000201. The van der Waals surface area contributed by atoms with Gasteiger partial charge in [-0.1, -0.05) is 46.4 Å². The molecule has 0 radical (unpaired) electrons. The van der Waals surface area contributed by atoms with E-state index in [0.29, 0.717) is 68.8 Å². The molecule has 0 amide bonds. The highest BCUT2D eigenvalue weighted by molar-refractivity contribution is 6.37. The molecule has 6 aromatic rings. The number of carbonyl (C=O) groups is 2. The fourth-order valence-corrected chi connectivity index (χ4v) is 10.6. The van der Waals surface area contributed by atoms with Gasteiger partial charge >= 0.3 is 11.9 Å². The Hall–Kier alpha value is -5.36. The first kappa shape index (κ1) is 50.5. The van der Waals surface area contributed by atoms with Crippen LogP contribution in [0.4, 0.5) is 0 Å². The highest BCUT2D eigenvalue weighted by Crippen LogP contribution is 2.40. The van der Waals surface area contributed by atoms with Crippen LogP contribution in [0.25, 0.3) is 21.8 Å². The van der Waals surface area contributed by atoms with Gasteiger partial charge < -0.3 is 28.1 Å². The lowest BCUT2D eigenvalue weighted by molar-refractivity contribution is -0.150. The zero-order valence-corrected chi connectivity index (χ0v) is 42.3. The van der Waals surface area contributed by atoms with Gasteiger partial charge in [0.25, 0.3) is 0 Å². The van der Waals surface area contributed by atoms with Crippen LogP contribution in [-0.2, 0) is 46.0 Å². The number of aromatic nitrogens is 2. The monoisotopic (exact) mass is 996 g/mol. The van der Waals surface area contributed by atoms with Gasteiger partial charge in [-0.05, 0) is 162 Å². The van der Waals surface area contributed by atoms with Crippen LogP contribution in [0, 0.1) is 48.3 Å². The second kappa shape index (κ2) is 22.4.